The molecule has 1 N–H and O–H groups in total. The van der Waals surface area contributed by atoms with Gasteiger partial charge in [-0.2, -0.15) is 0 Å². The number of hydrogen-bond donors (Lipinski definition) is 1. The van der Waals surface area contributed by atoms with Crippen LogP contribution < -0.4 is 4.72 Å². The molecule has 186 valence electrons. The van der Waals surface area contributed by atoms with Gasteiger partial charge in [-0.1, -0.05) is 39.0 Å². The summed E-state index contributed by atoms with van der Waals surface area (Å²) < 4.78 is 72.3. The third-order valence-electron chi connectivity index (χ3n) is 5.88. The Morgan fingerprint density at radius 3 is 2.44 bits per heavy atom. The Balaban J connectivity index is 2.07. The molecule has 1 aromatic heterocycles. The van der Waals surface area contributed by atoms with Gasteiger partial charge in [-0.15, -0.1) is 0 Å². The molecule has 0 saturated carbocycles. The highest BCUT2D eigenvalue weighted by molar-refractivity contribution is 7.89. The van der Waals surface area contributed by atoms with Crippen LogP contribution in [0.5, 0.6) is 0 Å². The first-order valence-corrected chi connectivity index (χ1v) is 12.7. The minimum atomic E-state index is -4.02. The summed E-state index contributed by atoms with van der Waals surface area (Å²) in [5.41, 5.74) is 0.385. The highest BCUT2D eigenvalue weighted by Crippen LogP contribution is 2.38. The minimum Gasteiger partial charge on any atom is -0.331 e. The van der Waals surface area contributed by atoms with Gasteiger partial charge in [0.2, 0.25) is 15.9 Å². The van der Waals surface area contributed by atoms with E-state index in [9.17, 15) is 13.2 Å². The maximum atomic E-state index is 15.6. The number of amides is 1. The zero-order valence-electron chi connectivity index (χ0n) is 19.9. The maximum absolute atomic E-state index is 15.6. The van der Waals surface area contributed by atoms with Crippen molar-refractivity contribution in [3.8, 4) is 11.3 Å². The van der Waals surface area contributed by atoms with E-state index in [4.69, 9.17) is 0 Å². The number of nitrogens with zero attached hydrogens (tertiary/aromatic N) is 2. The van der Waals surface area contributed by atoms with E-state index in [0.717, 1.165) is 4.90 Å². The fourth-order valence-corrected chi connectivity index (χ4v) is 4.96. The molecule has 3 rings (SSSR count). The van der Waals surface area contributed by atoms with Crippen LogP contribution in [0.3, 0.4) is 0 Å². The summed E-state index contributed by atoms with van der Waals surface area (Å²) in [6, 6.07) is 6.57. The second-order valence-electron chi connectivity index (χ2n) is 9.66. The average Bonchev–Trinajstić information content (AvgIpc) is 2.98. The summed E-state index contributed by atoms with van der Waals surface area (Å²) in [6.45, 7) is 6.94. The van der Waals surface area contributed by atoms with Gasteiger partial charge in [0.25, 0.3) is 5.92 Å². The van der Waals surface area contributed by atoms with Gasteiger partial charge in [0, 0.05) is 16.7 Å². The standard InChI is InChI=1S/C24H30F3N3O3S/c1-6-34(32,33)29-21-19(30(14-24(21,26)27)22(31)23(3,4)5)13-16-10-8-11-17(20(16)25)18-12-7-9-15(2)28-18/h7-12,19,21,29H,6,13-14H2,1-5H3/t19-,21+/m0/s1. The van der Waals surface area contributed by atoms with E-state index in [1.165, 1.54) is 13.0 Å². The van der Waals surface area contributed by atoms with Crippen molar-refractivity contribution in [2.24, 2.45) is 5.41 Å². The van der Waals surface area contributed by atoms with Crippen molar-refractivity contribution in [2.75, 3.05) is 12.3 Å². The number of alkyl halides is 2. The SMILES string of the molecule is CCS(=O)(=O)N[C@@H]1[C@H](Cc2cccc(-c3cccc(C)n3)c2F)N(C(=O)C(C)(C)C)CC1(F)F. The van der Waals surface area contributed by atoms with E-state index in [-0.39, 0.29) is 17.5 Å². The lowest BCUT2D eigenvalue weighted by Gasteiger charge is -2.32. The molecule has 1 fully saturated rings. The Hall–Kier alpha value is -2.46. The summed E-state index contributed by atoms with van der Waals surface area (Å²) in [6.07, 6.45) is -0.292. The third kappa shape index (κ3) is 5.43. The molecule has 1 aliphatic heterocycles. The predicted molar refractivity (Wildman–Crippen MR) is 124 cm³/mol. The van der Waals surface area contributed by atoms with Crippen molar-refractivity contribution in [2.45, 2.75) is 59.0 Å². The molecule has 1 saturated heterocycles. The number of carbonyl (C=O) groups excluding carboxylic acids is 1. The fourth-order valence-electron chi connectivity index (χ4n) is 4.08. The second kappa shape index (κ2) is 9.30. The first-order chi connectivity index (χ1) is 15.7. The Morgan fingerprint density at radius 2 is 1.85 bits per heavy atom. The molecule has 1 aliphatic rings. The molecule has 1 aromatic carbocycles. The van der Waals surface area contributed by atoms with Crippen LogP contribution in [0.25, 0.3) is 11.3 Å². The highest BCUT2D eigenvalue weighted by Gasteiger charge is 2.58. The summed E-state index contributed by atoms with van der Waals surface area (Å²) in [7, 11) is -4.02. The number of hydrogen-bond acceptors (Lipinski definition) is 4. The van der Waals surface area contributed by atoms with Gasteiger partial charge < -0.3 is 4.90 Å². The molecular formula is C24H30F3N3O3S. The molecule has 34 heavy (non-hydrogen) atoms. The molecule has 0 spiro atoms. The molecule has 0 bridgehead atoms. The lowest BCUT2D eigenvalue weighted by atomic mass is 9.92. The normalized spacial score (nSPS) is 20.5. The van der Waals surface area contributed by atoms with Gasteiger partial charge >= 0.3 is 0 Å². The number of aryl methyl sites for hydroxylation is 1. The Bertz CT molecular complexity index is 1180. The minimum absolute atomic E-state index is 0.0934. The molecule has 2 atom stereocenters. The van der Waals surface area contributed by atoms with Crippen LogP contribution in [-0.4, -0.2) is 54.5 Å². The smallest absolute Gasteiger partial charge is 0.283 e. The topological polar surface area (TPSA) is 79.4 Å². The van der Waals surface area contributed by atoms with Crippen LogP contribution in [0.2, 0.25) is 0 Å². The summed E-state index contributed by atoms with van der Waals surface area (Å²) in [4.78, 5) is 18.4. The molecule has 0 aliphatic carbocycles. The third-order valence-corrected chi connectivity index (χ3v) is 7.26. The van der Waals surface area contributed by atoms with Crippen LogP contribution in [0.1, 0.15) is 39.0 Å². The quantitative estimate of drug-likeness (QED) is 0.656. The largest absolute Gasteiger partial charge is 0.331 e. The van der Waals surface area contributed by atoms with Gasteiger partial charge in [-0.25, -0.2) is 26.3 Å². The van der Waals surface area contributed by atoms with Crippen LogP contribution in [0.15, 0.2) is 36.4 Å². The van der Waals surface area contributed by atoms with Gasteiger partial charge in [0.1, 0.15) is 11.9 Å². The monoisotopic (exact) mass is 497 g/mol. The number of halogens is 3. The Morgan fingerprint density at radius 1 is 1.21 bits per heavy atom. The molecule has 6 nitrogen and oxygen atoms in total. The van der Waals surface area contributed by atoms with Gasteiger partial charge in [-0.3, -0.25) is 9.78 Å². The van der Waals surface area contributed by atoms with E-state index < -0.39 is 57.5 Å². The number of rotatable bonds is 6. The van der Waals surface area contributed by atoms with Crippen LogP contribution in [0, 0.1) is 18.2 Å². The van der Waals surface area contributed by atoms with Gasteiger partial charge in [0.05, 0.1) is 24.0 Å². The average molecular weight is 498 g/mol. The lowest BCUT2D eigenvalue weighted by Crippen LogP contribution is -2.53. The van der Waals surface area contributed by atoms with Gasteiger partial charge in [0.15, 0.2) is 0 Å². The Kier molecular flexibility index (Phi) is 7.15. The lowest BCUT2D eigenvalue weighted by molar-refractivity contribution is -0.141. The summed E-state index contributed by atoms with van der Waals surface area (Å²) >= 11 is 0. The number of nitrogens with one attached hydrogen (secondary N) is 1. The summed E-state index contributed by atoms with van der Waals surface area (Å²) in [5, 5.41) is 0. The van der Waals surface area contributed by atoms with E-state index in [0.29, 0.717) is 11.4 Å². The first kappa shape index (κ1) is 26.2. The van der Waals surface area contributed by atoms with Gasteiger partial charge in [-0.05, 0) is 44.0 Å². The predicted octanol–water partition coefficient (Wildman–Crippen LogP) is 3.94. The van der Waals surface area contributed by atoms with Crippen molar-refractivity contribution >= 4 is 15.9 Å². The molecule has 2 heterocycles. The number of pyridine rings is 1. The molecular weight excluding hydrogens is 467 g/mol. The van der Waals surface area contributed by atoms with Crippen LogP contribution in [-0.2, 0) is 21.2 Å². The van der Waals surface area contributed by atoms with E-state index in [1.807, 2.05) is 0 Å². The zero-order chi connectivity index (χ0) is 25.5. The number of benzene rings is 1. The molecule has 2 aromatic rings. The van der Waals surface area contributed by atoms with E-state index in [2.05, 4.69) is 9.71 Å². The van der Waals surface area contributed by atoms with Crippen molar-refractivity contribution in [3.63, 3.8) is 0 Å². The Labute approximate surface area is 198 Å². The highest BCUT2D eigenvalue weighted by atomic mass is 32.2. The number of carbonyl (C=O) groups is 1. The van der Waals surface area contributed by atoms with Crippen molar-refractivity contribution in [1.29, 1.82) is 0 Å². The summed E-state index contributed by atoms with van der Waals surface area (Å²) in [5.74, 6) is -5.13. The van der Waals surface area contributed by atoms with Crippen LogP contribution in [0.4, 0.5) is 13.2 Å². The van der Waals surface area contributed by atoms with E-state index in [1.54, 1.807) is 58.0 Å². The molecule has 10 heteroatoms. The number of likely N-dealkylation sites (tertiary alicyclic amines) is 1. The number of sulfonamides is 1. The number of aromatic nitrogens is 1. The maximum Gasteiger partial charge on any atom is 0.283 e. The molecule has 0 unspecified atom stereocenters. The van der Waals surface area contributed by atoms with Crippen molar-refractivity contribution < 1.29 is 26.4 Å². The van der Waals surface area contributed by atoms with Crippen molar-refractivity contribution in [3.05, 3.63) is 53.5 Å². The fraction of sp³-hybridized carbons (Fsp3) is 0.500. The van der Waals surface area contributed by atoms with E-state index >= 15 is 13.2 Å². The second-order valence-corrected chi connectivity index (χ2v) is 11.7. The van der Waals surface area contributed by atoms with Crippen molar-refractivity contribution in [1.82, 2.24) is 14.6 Å². The molecule has 0 radical (unpaired) electrons. The first-order valence-electron chi connectivity index (χ1n) is 11.1. The van der Waals surface area contributed by atoms with Crippen LogP contribution >= 0.6 is 0 Å². The zero-order valence-corrected chi connectivity index (χ0v) is 20.7. The molecule has 1 amide bonds.